The zero-order valence-corrected chi connectivity index (χ0v) is 46.2. The van der Waals surface area contributed by atoms with Gasteiger partial charge in [-0.25, -0.2) is 0 Å². The number of hydrogen-bond acceptors (Lipinski definition) is 6. The second-order valence-corrected chi connectivity index (χ2v) is 19.2. The van der Waals surface area contributed by atoms with Crippen LogP contribution < -0.4 is 0 Å². The molecule has 1 atom stereocenters. The van der Waals surface area contributed by atoms with Crippen LogP contribution in [0.4, 0.5) is 0 Å². The van der Waals surface area contributed by atoms with Crippen molar-refractivity contribution in [3.63, 3.8) is 0 Å². The molecule has 0 rings (SSSR count). The molecule has 0 aliphatic heterocycles. The van der Waals surface area contributed by atoms with Crippen molar-refractivity contribution in [1.29, 1.82) is 0 Å². The summed E-state index contributed by atoms with van der Waals surface area (Å²) in [6.45, 7) is 6.32. The van der Waals surface area contributed by atoms with E-state index in [4.69, 9.17) is 14.2 Å². The average Bonchev–Trinajstić information content (AvgIpc) is 3.37. The molecule has 0 aromatic carbocycles. The van der Waals surface area contributed by atoms with Gasteiger partial charge in [-0.3, -0.25) is 14.4 Å². The van der Waals surface area contributed by atoms with Gasteiger partial charge in [0, 0.05) is 12.8 Å². The summed E-state index contributed by atoms with van der Waals surface area (Å²) < 4.78 is 16.7. The van der Waals surface area contributed by atoms with Crippen molar-refractivity contribution in [3.05, 3.63) is 109 Å². The summed E-state index contributed by atoms with van der Waals surface area (Å²) in [5, 5.41) is 0. The molecule has 0 amide bonds. The van der Waals surface area contributed by atoms with E-state index in [1.54, 1.807) is 6.08 Å². The van der Waals surface area contributed by atoms with Gasteiger partial charge in [-0.05, 0) is 103 Å². The molecule has 0 heterocycles. The highest BCUT2D eigenvalue weighted by atomic mass is 16.6. The van der Waals surface area contributed by atoms with E-state index in [1.807, 2.05) is 6.08 Å². The van der Waals surface area contributed by atoms with Crippen molar-refractivity contribution >= 4 is 17.9 Å². The first-order valence-electron chi connectivity index (χ1n) is 29.4. The molecule has 404 valence electrons. The smallest absolute Gasteiger partial charge is 0.310 e. The van der Waals surface area contributed by atoms with Crippen LogP contribution in [0.25, 0.3) is 0 Å². The Kier molecular flexibility index (Phi) is 55.4. The fourth-order valence-electron chi connectivity index (χ4n) is 7.94. The molecular weight excluding hydrogens is 877 g/mol. The van der Waals surface area contributed by atoms with Gasteiger partial charge in [-0.15, -0.1) is 0 Å². The molecule has 6 heteroatoms. The number of carbonyl (C=O) groups is 3. The van der Waals surface area contributed by atoms with Crippen LogP contribution in [0.3, 0.4) is 0 Å². The largest absolute Gasteiger partial charge is 0.462 e. The zero-order valence-electron chi connectivity index (χ0n) is 46.2. The molecular formula is C65H108O6. The molecule has 0 saturated heterocycles. The summed E-state index contributed by atoms with van der Waals surface area (Å²) in [4.78, 5) is 38.1. The average molecular weight is 986 g/mol. The van der Waals surface area contributed by atoms with E-state index in [9.17, 15) is 14.4 Å². The summed E-state index contributed by atoms with van der Waals surface area (Å²) in [6.07, 6.45) is 79.7. The normalized spacial score (nSPS) is 12.9. The molecule has 0 aromatic heterocycles. The Morgan fingerprint density at radius 2 is 0.592 bits per heavy atom. The number of carbonyl (C=O) groups excluding carboxylic acids is 3. The lowest BCUT2D eigenvalue weighted by Crippen LogP contribution is -2.30. The van der Waals surface area contributed by atoms with Gasteiger partial charge < -0.3 is 14.2 Å². The Morgan fingerprint density at radius 3 is 0.944 bits per heavy atom. The molecule has 0 radical (unpaired) electrons. The van der Waals surface area contributed by atoms with Crippen molar-refractivity contribution in [3.8, 4) is 0 Å². The highest BCUT2D eigenvalue weighted by Gasteiger charge is 2.19. The third-order valence-corrected chi connectivity index (χ3v) is 12.3. The minimum atomic E-state index is -0.842. The van der Waals surface area contributed by atoms with Gasteiger partial charge in [0.15, 0.2) is 6.10 Å². The first kappa shape index (κ1) is 67.1. The summed E-state index contributed by atoms with van der Waals surface area (Å²) in [5.41, 5.74) is 0. The Hall–Kier alpha value is -3.93. The predicted octanol–water partition coefficient (Wildman–Crippen LogP) is 19.9. The predicted molar refractivity (Wildman–Crippen MR) is 307 cm³/mol. The van der Waals surface area contributed by atoms with Gasteiger partial charge in [0.05, 0.1) is 6.42 Å². The second-order valence-electron chi connectivity index (χ2n) is 19.2. The van der Waals surface area contributed by atoms with E-state index in [0.717, 1.165) is 103 Å². The van der Waals surface area contributed by atoms with Crippen molar-refractivity contribution in [1.82, 2.24) is 0 Å². The van der Waals surface area contributed by atoms with Crippen LogP contribution in [-0.4, -0.2) is 37.2 Å². The van der Waals surface area contributed by atoms with E-state index in [-0.39, 0.29) is 31.6 Å². The Morgan fingerprint density at radius 1 is 0.310 bits per heavy atom. The first-order valence-corrected chi connectivity index (χ1v) is 29.4. The molecule has 0 N–H and O–H groups in total. The van der Waals surface area contributed by atoms with Crippen LogP contribution in [0.1, 0.15) is 265 Å². The van der Waals surface area contributed by atoms with Crippen LogP contribution >= 0.6 is 0 Å². The molecule has 0 aromatic rings. The van der Waals surface area contributed by atoms with Gasteiger partial charge in [-0.1, -0.05) is 252 Å². The monoisotopic (exact) mass is 985 g/mol. The van der Waals surface area contributed by atoms with Crippen molar-refractivity contribution in [2.45, 2.75) is 271 Å². The number of ether oxygens (including phenoxy) is 3. The molecule has 1 unspecified atom stereocenters. The Labute approximate surface area is 438 Å². The molecule has 0 spiro atoms. The fourth-order valence-corrected chi connectivity index (χ4v) is 7.94. The molecule has 0 saturated carbocycles. The lowest BCUT2D eigenvalue weighted by Gasteiger charge is -2.18. The van der Waals surface area contributed by atoms with Gasteiger partial charge in [0.1, 0.15) is 13.2 Å². The van der Waals surface area contributed by atoms with E-state index in [2.05, 4.69) is 118 Å². The van der Waals surface area contributed by atoms with Crippen molar-refractivity contribution in [2.24, 2.45) is 0 Å². The van der Waals surface area contributed by atoms with Gasteiger partial charge in [0.25, 0.3) is 0 Å². The van der Waals surface area contributed by atoms with Crippen LogP contribution in [0.5, 0.6) is 0 Å². The molecule has 0 aliphatic rings. The molecule has 0 aliphatic carbocycles. The minimum absolute atomic E-state index is 0.0903. The Bertz CT molecular complexity index is 1460. The van der Waals surface area contributed by atoms with E-state index in [0.29, 0.717) is 19.3 Å². The number of allylic oxidation sites excluding steroid dienone is 17. The maximum Gasteiger partial charge on any atom is 0.310 e. The van der Waals surface area contributed by atoms with Crippen molar-refractivity contribution in [2.75, 3.05) is 13.2 Å². The summed E-state index contributed by atoms with van der Waals surface area (Å²) in [7, 11) is 0. The summed E-state index contributed by atoms with van der Waals surface area (Å²) in [6, 6.07) is 0. The number of hydrogen-bond donors (Lipinski definition) is 0. The van der Waals surface area contributed by atoms with Crippen LogP contribution in [0, 0.1) is 0 Å². The van der Waals surface area contributed by atoms with Crippen molar-refractivity contribution < 1.29 is 28.6 Å². The molecule has 0 fully saturated rings. The topological polar surface area (TPSA) is 78.9 Å². The van der Waals surface area contributed by atoms with Gasteiger partial charge in [0.2, 0.25) is 0 Å². The number of rotatable bonds is 52. The highest BCUT2D eigenvalue weighted by molar-refractivity contribution is 5.72. The third kappa shape index (κ3) is 56.9. The maximum atomic E-state index is 12.8. The van der Waals surface area contributed by atoms with E-state index < -0.39 is 12.1 Å². The highest BCUT2D eigenvalue weighted by Crippen LogP contribution is 2.15. The maximum absolute atomic E-state index is 12.8. The second kappa shape index (κ2) is 58.6. The standard InChI is InChI=1S/C65H108O6/c1-4-7-10-13-16-19-22-25-28-29-30-31-32-33-34-35-38-40-43-46-49-52-55-58-64(67)70-61-62(71-65(68)59-56-53-50-47-44-41-37-27-24-21-18-15-12-9-6-3)60-69-63(66)57-54-51-48-45-42-39-36-26-23-20-17-14-11-8-5-2/h8-9,11-12,17-18,20-21,26-27,29-30,36-37,44,47,53,56,62H,4-7,10,13-16,19,22-25,28,31-35,38-43,45-46,48-52,54-55,57-61H2,1-3H3/b11-8-,12-9-,20-17-,21-18-,30-29-,36-26-,37-27-,47-44-,56-53-. The molecule has 71 heavy (non-hydrogen) atoms. The van der Waals surface area contributed by atoms with Gasteiger partial charge >= 0.3 is 17.9 Å². The third-order valence-electron chi connectivity index (χ3n) is 12.3. The first-order chi connectivity index (χ1) is 35.0. The molecule has 6 nitrogen and oxygen atoms in total. The van der Waals surface area contributed by atoms with Crippen LogP contribution in [-0.2, 0) is 28.6 Å². The minimum Gasteiger partial charge on any atom is -0.462 e. The quantitative estimate of drug-likeness (QED) is 0.0261. The van der Waals surface area contributed by atoms with E-state index >= 15 is 0 Å². The lowest BCUT2D eigenvalue weighted by molar-refractivity contribution is -0.166. The Balaban J connectivity index is 4.43. The number of unbranched alkanes of at least 4 members (excludes halogenated alkanes) is 24. The summed E-state index contributed by atoms with van der Waals surface area (Å²) >= 11 is 0. The fraction of sp³-hybridized carbons (Fsp3) is 0.677. The SMILES string of the molecule is CC/C=C\C/C=C\C/C=C\C/C=C\C/C=C\CC(=O)OC(COC(=O)CCCCCCC/C=C\C/C=C\C/C=C\CC)COC(=O)CCCCCCCCCCCCC/C=C\CCCCCCCCCC. The van der Waals surface area contributed by atoms with Crippen LogP contribution in [0.15, 0.2) is 109 Å². The van der Waals surface area contributed by atoms with E-state index in [1.165, 1.54) is 116 Å². The summed E-state index contributed by atoms with van der Waals surface area (Å²) in [5.74, 6) is -1.07. The lowest BCUT2D eigenvalue weighted by atomic mass is 10.0. The zero-order chi connectivity index (χ0) is 51.4. The number of esters is 3. The van der Waals surface area contributed by atoms with Gasteiger partial charge in [-0.2, -0.15) is 0 Å². The molecule has 0 bridgehead atoms. The van der Waals surface area contributed by atoms with Crippen LogP contribution in [0.2, 0.25) is 0 Å².